The van der Waals surface area contributed by atoms with Crippen LogP contribution < -0.4 is 35.9 Å². The number of nitrogen functional groups attached to an aromatic ring is 3. The topological polar surface area (TPSA) is 382 Å². The minimum atomic E-state index is -3.87. The third-order valence-electron chi connectivity index (χ3n) is 16.3. The Balaban J connectivity index is 0.000000167. The molecule has 30 nitrogen and oxygen atoms in total. The lowest BCUT2D eigenvalue weighted by Gasteiger charge is -2.23. The van der Waals surface area contributed by atoms with Gasteiger partial charge in [0.15, 0.2) is 69.2 Å². The Kier molecular flexibility index (Phi) is 22.2. The fourth-order valence-corrected chi connectivity index (χ4v) is 15.0. The van der Waals surface area contributed by atoms with Crippen LogP contribution in [0.5, 0.6) is 23.4 Å². The van der Waals surface area contributed by atoms with Gasteiger partial charge in [-0.2, -0.15) is 29.9 Å². The summed E-state index contributed by atoms with van der Waals surface area (Å²) in [6.45, 7) is 7.30. The Hall–Kier alpha value is -8.65. The number of carbonyl (C=O) groups is 1. The van der Waals surface area contributed by atoms with Gasteiger partial charge in [0.1, 0.15) is 5.75 Å². The van der Waals surface area contributed by atoms with Crippen molar-refractivity contribution >= 4 is 72.5 Å². The molecule has 0 spiro atoms. The Morgan fingerprint density at radius 2 is 1.01 bits per heavy atom. The smallest absolute Gasteiger partial charge is 0.380 e. The second-order valence-corrected chi connectivity index (χ2v) is 28.4. The van der Waals surface area contributed by atoms with E-state index in [1.807, 2.05) is 61.5 Å². The van der Waals surface area contributed by atoms with Crippen molar-refractivity contribution in [3.63, 3.8) is 0 Å². The van der Waals surface area contributed by atoms with Gasteiger partial charge in [-0.25, -0.2) is 32.7 Å². The number of methoxy groups -OCH3 is 4. The minimum absolute atomic E-state index is 0.00151. The molecule has 8 unspecified atom stereocenters. The number of hydrogen-bond acceptors (Lipinski definition) is 27. The highest BCUT2D eigenvalue weighted by Crippen LogP contribution is 2.54. The van der Waals surface area contributed by atoms with Crippen LogP contribution in [0.4, 0.5) is 31.0 Å². The van der Waals surface area contributed by atoms with Crippen molar-refractivity contribution in [1.29, 1.82) is 0 Å². The van der Waals surface area contributed by atoms with Crippen molar-refractivity contribution < 1.29 is 83.5 Å². The van der Waals surface area contributed by atoms with Gasteiger partial charge in [-0.05, 0) is 62.9 Å². The van der Waals surface area contributed by atoms with Crippen LogP contribution in [0.3, 0.4) is 0 Å². The van der Waals surface area contributed by atoms with Crippen LogP contribution >= 0.6 is 15.2 Å². The van der Waals surface area contributed by atoms with Crippen LogP contribution in [0.25, 0.3) is 33.5 Å². The molecule has 0 aliphatic carbocycles. The first-order valence-electron chi connectivity index (χ1n) is 31.0. The zero-order valence-electron chi connectivity index (χ0n) is 55.2. The third-order valence-corrected chi connectivity index (χ3v) is 20.2. The molecule has 3 aliphatic rings. The standard InChI is InChI=1S/C28H33FN5O5P.C23H29FN5O7P.C12H16FN5O3/c1-19-9-7-8-12-21(19)16-37-40(35,14-13-20-10-5-4-6-11-20)38-17-22-15-28(2,29)26(39-22)34-18-31-23-24(34)32-27(30)33-25(23)36-3;1-14(20(30)33-4)12-37(31,36-15-8-6-5-7-9-15)34-11-16-10-23(2,24)21(35-16)29-13-26-17-18(29)27-22(25)28-19(17)32-3;1-12(13)3-6(4-19)21-10(12)18-5-15-7-8(18)16-11(14)17-9(7)20-2/h4-12,18,22,26H,13-17H2,1-3H3,(H2,30,32,33);5-9,13-14,16,21H,10-12H2,1-4H3,(H2,25,27,28);5-6,10,19H,3-4H2,1-2H3,(H2,14,16,17)/t22?,26?,28-,40?;14-,16?,21?,23-,37?;6?,10?,12-/m111/s1. The molecule has 0 bridgehead atoms. The number of aliphatic hydroxyl groups is 1. The summed E-state index contributed by atoms with van der Waals surface area (Å²) in [5, 5.41) is 9.17. The first-order valence-corrected chi connectivity index (χ1v) is 34.4. The molecular weight excluding hydrogens is 1330 g/mol. The molecule has 6 aromatic heterocycles. The van der Waals surface area contributed by atoms with Crippen LogP contribution in [0.1, 0.15) is 82.3 Å². The average Bonchev–Trinajstić information content (AvgIpc) is 1.62. The molecule has 0 saturated carbocycles. The Morgan fingerprint density at radius 1 is 0.602 bits per heavy atom. The van der Waals surface area contributed by atoms with E-state index < -0.39 is 81.1 Å². The minimum Gasteiger partial charge on any atom is -0.479 e. The molecule has 35 heteroatoms. The number of alkyl halides is 3. The van der Waals surface area contributed by atoms with Crippen molar-refractivity contribution in [1.82, 2.24) is 58.6 Å². The molecule has 9 heterocycles. The molecule has 3 fully saturated rings. The van der Waals surface area contributed by atoms with Crippen molar-refractivity contribution in [3.8, 4) is 23.4 Å². The number of rotatable bonds is 24. The summed E-state index contributed by atoms with van der Waals surface area (Å²) in [6.07, 6.45) is -0.535. The predicted molar refractivity (Wildman–Crippen MR) is 351 cm³/mol. The number of benzene rings is 3. The van der Waals surface area contributed by atoms with E-state index in [0.29, 0.717) is 34.4 Å². The maximum Gasteiger partial charge on any atom is 0.380 e. The number of nitrogens with two attached hydrogens (primary N) is 3. The number of carbonyl (C=O) groups excluding carboxylic acids is 1. The number of hydrogen-bond donors (Lipinski definition) is 4. The van der Waals surface area contributed by atoms with Gasteiger partial charge in [-0.1, -0.05) is 79.7 Å². The molecule has 98 heavy (non-hydrogen) atoms. The van der Waals surface area contributed by atoms with Crippen molar-refractivity contribution in [2.75, 3.05) is 77.8 Å². The monoisotopic (exact) mass is 1400 g/mol. The van der Waals surface area contributed by atoms with Crippen molar-refractivity contribution in [2.45, 2.75) is 121 Å². The number of aliphatic hydroxyl groups excluding tert-OH is 1. The molecule has 0 radical (unpaired) electrons. The molecule has 3 aromatic carbocycles. The van der Waals surface area contributed by atoms with E-state index in [4.69, 9.17) is 68.5 Å². The number of ether oxygens (including phenoxy) is 7. The van der Waals surface area contributed by atoms with E-state index in [2.05, 4.69) is 44.9 Å². The van der Waals surface area contributed by atoms with Crippen LogP contribution in [0.15, 0.2) is 104 Å². The number of esters is 1. The number of aromatic nitrogens is 12. The molecule has 526 valence electrons. The summed E-state index contributed by atoms with van der Waals surface area (Å²) < 4.78 is 139. The number of halogens is 3. The summed E-state index contributed by atoms with van der Waals surface area (Å²) >= 11 is 0. The van der Waals surface area contributed by atoms with E-state index in [1.165, 1.54) is 81.9 Å². The van der Waals surface area contributed by atoms with Crippen molar-refractivity contribution in [3.05, 3.63) is 121 Å². The number of aryl methyl sites for hydroxylation is 2. The number of nitrogens with zero attached hydrogens (tertiary/aromatic N) is 12. The van der Waals surface area contributed by atoms with Gasteiger partial charge in [-0.15, -0.1) is 0 Å². The molecule has 7 N–H and O–H groups in total. The van der Waals surface area contributed by atoms with Gasteiger partial charge in [0.2, 0.25) is 35.5 Å². The summed E-state index contributed by atoms with van der Waals surface area (Å²) in [6, 6.07) is 25.9. The Bertz CT molecular complexity index is 4330. The maximum atomic E-state index is 15.9. The van der Waals surface area contributed by atoms with Crippen LogP contribution in [0, 0.1) is 12.8 Å². The SMILES string of the molecule is COC(=O)[C@H](C)CP(=O)(OCC1C[C@@](C)(F)C(n2cnc3c(OC)nc(N)nc32)O1)Oc1ccccc1.COc1nc(N)nc2c1ncn2C1OC(CO)C[C@@]1(C)F.COc1nc(N)nc2c1ncn2C1OC(COP(=O)(CCc2ccccc2)OCc2ccccc2C)C[C@@]1(C)F. The first-order chi connectivity index (χ1) is 46.7. The zero-order valence-corrected chi connectivity index (χ0v) is 57.0. The van der Waals surface area contributed by atoms with E-state index >= 15 is 8.78 Å². The summed E-state index contributed by atoms with van der Waals surface area (Å²) in [7, 11) is -1.91. The van der Waals surface area contributed by atoms with Gasteiger partial charge in [-0.3, -0.25) is 27.6 Å². The second kappa shape index (κ2) is 30.2. The summed E-state index contributed by atoms with van der Waals surface area (Å²) in [4.78, 5) is 49.0. The molecule has 3 aliphatic heterocycles. The Morgan fingerprint density at radius 3 is 1.43 bits per heavy atom. The predicted octanol–water partition coefficient (Wildman–Crippen LogP) is 9.37. The van der Waals surface area contributed by atoms with E-state index in [0.717, 1.165) is 16.7 Å². The van der Waals surface area contributed by atoms with Crippen molar-refractivity contribution in [2.24, 2.45) is 5.92 Å². The molecule has 12 rings (SSSR count). The lowest BCUT2D eigenvalue weighted by Crippen LogP contribution is -2.27. The van der Waals surface area contributed by atoms with Crippen LogP contribution in [-0.2, 0) is 59.5 Å². The van der Waals surface area contributed by atoms with Gasteiger partial charge in [0, 0.05) is 19.3 Å². The fraction of sp³-hybridized carbons (Fsp3) is 0.460. The highest BCUT2D eigenvalue weighted by Gasteiger charge is 2.51. The summed E-state index contributed by atoms with van der Waals surface area (Å²) in [5.74, 6) is -0.564. The van der Waals surface area contributed by atoms with E-state index in [1.54, 1.807) is 37.3 Å². The number of anilines is 3. The fourth-order valence-electron chi connectivity index (χ4n) is 11.6. The molecule has 9 aromatic rings. The largest absolute Gasteiger partial charge is 0.479 e. The number of imidazole rings is 3. The highest BCUT2D eigenvalue weighted by atomic mass is 31.2. The van der Waals surface area contributed by atoms with E-state index in [-0.39, 0.29) is 105 Å². The third kappa shape index (κ3) is 16.6. The normalized spacial score (nSPS) is 24.4. The molecule has 0 amide bonds. The van der Waals surface area contributed by atoms with E-state index in [9.17, 15) is 23.4 Å². The number of fused-ring (bicyclic) bond motifs is 3. The quantitative estimate of drug-likeness (QED) is 0.0323. The molecule has 3 saturated heterocycles. The van der Waals surface area contributed by atoms with Gasteiger partial charge < -0.3 is 69.0 Å². The van der Waals surface area contributed by atoms with Gasteiger partial charge >= 0.3 is 21.2 Å². The zero-order chi connectivity index (χ0) is 70.3. The van der Waals surface area contributed by atoms with Gasteiger partial charge in [0.25, 0.3) is 0 Å². The molecular formula is C63H78F3N15O15P2. The lowest BCUT2D eigenvalue weighted by molar-refractivity contribution is -0.144. The first kappa shape index (κ1) is 72.1. The van der Waals surface area contributed by atoms with Crippen LogP contribution in [0.2, 0.25) is 0 Å². The number of para-hydroxylation sites is 1. The van der Waals surface area contributed by atoms with Gasteiger partial charge in [0.05, 0.1) is 110 Å². The van der Waals surface area contributed by atoms with Crippen LogP contribution in [-0.4, -0.2) is 166 Å². The second-order valence-electron chi connectivity index (χ2n) is 24.2. The average molecular weight is 1400 g/mol. The lowest BCUT2D eigenvalue weighted by atomic mass is 10.0. The Labute approximate surface area is 561 Å². The maximum absolute atomic E-state index is 15.9. The molecule has 12 atom stereocenters. The highest BCUT2D eigenvalue weighted by molar-refractivity contribution is 7.54. The summed E-state index contributed by atoms with van der Waals surface area (Å²) in [5.41, 5.74) is 16.7.